The average molecular weight is 364 g/mol. The van der Waals surface area contributed by atoms with E-state index in [4.69, 9.17) is 34.3 Å². The SMILES string of the molecule is N=C(N)c1ccc(CNCCC(=O)Cc2ccc(Cl)c(Cl)c2)cc1. The number of hydrogen-bond acceptors (Lipinski definition) is 3. The first kappa shape index (κ1) is 18.5. The molecule has 0 unspecified atom stereocenters. The number of nitrogens with two attached hydrogens (primary N) is 1. The smallest absolute Gasteiger partial charge is 0.138 e. The topological polar surface area (TPSA) is 79.0 Å². The quantitative estimate of drug-likeness (QED) is 0.381. The van der Waals surface area contributed by atoms with Gasteiger partial charge in [0.2, 0.25) is 0 Å². The maximum atomic E-state index is 12.0. The van der Waals surface area contributed by atoms with Gasteiger partial charge in [0.05, 0.1) is 10.0 Å². The Balaban J connectivity index is 1.72. The van der Waals surface area contributed by atoms with Gasteiger partial charge < -0.3 is 11.1 Å². The molecule has 0 saturated carbocycles. The summed E-state index contributed by atoms with van der Waals surface area (Å²) < 4.78 is 0. The van der Waals surface area contributed by atoms with Crippen molar-refractivity contribution in [3.63, 3.8) is 0 Å². The number of carbonyl (C=O) groups is 1. The summed E-state index contributed by atoms with van der Waals surface area (Å²) in [7, 11) is 0. The number of Topliss-reactive ketones (excluding diaryl/α,β-unsaturated/α-hetero) is 1. The Labute approximate surface area is 151 Å². The van der Waals surface area contributed by atoms with E-state index in [0.717, 1.165) is 11.1 Å². The first-order valence-corrected chi connectivity index (χ1v) is 8.31. The number of amidine groups is 1. The largest absolute Gasteiger partial charge is 0.384 e. The fourth-order valence-electron chi connectivity index (χ4n) is 2.23. The van der Waals surface area contributed by atoms with Gasteiger partial charge in [-0.2, -0.15) is 0 Å². The summed E-state index contributed by atoms with van der Waals surface area (Å²) in [4.78, 5) is 12.0. The summed E-state index contributed by atoms with van der Waals surface area (Å²) in [6.45, 7) is 1.27. The highest BCUT2D eigenvalue weighted by Crippen LogP contribution is 2.22. The molecular formula is C18H19Cl2N3O. The maximum Gasteiger partial charge on any atom is 0.138 e. The lowest BCUT2D eigenvalue weighted by atomic mass is 10.1. The van der Waals surface area contributed by atoms with Crippen molar-refractivity contribution in [2.45, 2.75) is 19.4 Å². The molecule has 2 rings (SSSR count). The van der Waals surface area contributed by atoms with Crippen molar-refractivity contribution in [1.29, 1.82) is 5.41 Å². The molecule has 2 aromatic carbocycles. The van der Waals surface area contributed by atoms with E-state index in [1.807, 2.05) is 30.3 Å². The Morgan fingerprint density at radius 2 is 1.71 bits per heavy atom. The highest BCUT2D eigenvalue weighted by Gasteiger charge is 2.06. The van der Waals surface area contributed by atoms with Crippen molar-refractivity contribution in [2.24, 2.45) is 5.73 Å². The molecule has 0 radical (unpaired) electrons. The molecular weight excluding hydrogens is 345 g/mol. The van der Waals surface area contributed by atoms with Gasteiger partial charge in [-0.25, -0.2) is 0 Å². The fourth-order valence-corrected chi connectivity index (χ4v) is 2.55. The highest BCUT2D eigenvalue weighted by molar-refractivity contribution is 6.42. The predicted molar refractivity (Wildman–Crippen MR) is 99.0 cm³/mol. The summed E-state index contributed by atoms with van der Waals surface area (Å²) in [5.74, 6) is 0.204. The van der Waals surface area contributed by atoms with Gasteiger partial charge in [-0.3, -0.25) is 10.2 Å². The number of rotatable bonds is 8. The third-order valence-electron chi connectivity index (χ3n) is 3.56. The summed E-state index contributed by atoms with van der Waals surface area (Å²) in [6.07, 6.45) is 0.803. The Kier molecular flexibility index (Phi) is 6.79. The van der Waals surface area contributed by atoms with Crippen LogP contribution in [-0.2, 0) is 17.8 Å². The van der Waals surface area contributed by atoms with Crippen molar-refractivity contribution < 1.29 is 4.79 Å². The first-order valence-electron chi connectivity index (χ1n) is 7.55. The number of benzene rings is 2. The molecule has 0 aliphatic carbocycles. The Morgan fingerprint density at radius 3 is 2.33 bits per heavy atom. The zero-order valence-electron chi connectivity index (χ0n) is 13.1. The number of ketones is 1. The Bertz CT molecular complexity index is 730. The van der Waals surface area contributed by atoms with Crippen LogP contribution in [0, 0.1) is 5.41 Å². The molecule has 24 heavy (non-hydrogen) atoms. The molecule has 6 heteroatoms. The monoisotopic (exact) mass is 363 g/mol. The molecule has 0 fully saturated rings. The number of nitrogens with one attached hydrogen (secondary N) is 2. The number of hydrogen-bond donors (Lipinski definition) is 3. The van der Waals surface area contributed by atoms with Crippen LogP contribution < -0.4 is 11.1 Å². The van der Waals surface area contributed by atoms with Crippen molar-refractivity contribution in [3.8, 4) is 0 Å². The third kappa shape index (κ3) is 5.64. The van der Waals surface area contributed by atoms with E-state index in [1.54, 1.807) is 12.1 Å². The van der Waals surface area contributed by atoms with Crippen LogP contribution in [0.3, 0.4) is 0 Å². The van der Waals surface area contributed by atoms with Crippen LogP contribution in [0.2, 0.25) is 10.0 Å². The molecule has 0 saturated heterocycles. The van der Waals surface area contributed by atoms with Gasteiger partial charge in [-0.1, -0.05) is 53.5 Å². The molecule has 0 bridgehead atoms. The standard InChI is InChI=1S/C18H19Cl2N3O/c19-16-6-3-13(10-17(16)20)9-15(24)7-8-23-11-12-1-4-14(5-2-12)18(21)22/h1-6,10,23H,7-9,11H2,(H3,21,22). The zero-order valence-corrected chi connectivity index (χ0v) is 14.6. The van der Waals surface area contributed by atoms with Gasteiger partial charge >= 0.3 is 0 Å². The minimum Gasteiger partial charge on any atom is -0.384 e. The predicted octanol–water partition coefficient (Wildman–Crippen LogP) is 3.57. The van der Waals surface area contributed by atoms with Crippen LogP contribution in [0.25, 0.3) is 0 Å². The van der Waals surface area contributed by atoms with E-state index in [1.165, 1.54) is 0 Å². The van der Waals surface area contributed by atoms with E-state index in [2.05, 4.69) is 5.32 Å². The first-order chi connectivity index (χ1) is 11.5. The van der Waals surface area contributed by atoms with Crippen molar-refractivity contribution in [2.75, 3.05) is 6.54 Å². The van der Waals surface area contributed by atoms with Crippen LogP contribution in [0.15, 0.2) is 42.5 Å². The molecule has 4 nitrogen and oxygen atoms in total. The second-order valence-electron chi connectivity index (χ2n) is 5.50. The normalized spacial score (nSPS) is 10.6. The molecule has 0 atom stereocenters. The van der Waals surface area contributed by atoms with E-state index in [0.29, 0.717) is 41.5 Å². The molecule has 4 N–H and O–H groups in total. The molecule has 0 spiro atoms. The second kappa shape index (κ2) is 8.83. The number of nitrogen functional groups attached to an aromatic ring is 1. The molecule has 126 valence electrons. The van der Waals surface area contributed by atoms with Crippen LogP contribution >= 0.6 is 23.2 Å². The number of halogens is 2. The lowest BCUT2D eigenvalue weighted by Gasteiger charge is -2.06. The molecule has 0 aromatic heterocycles. The van der Waals surface area contributed by atoms with Crippen molar-refractivity contribution >= 4 is 34.8 Å². The van der Waals surface area contributed by atoms with Crippen LogP contribution in [0.5, 0.6) is 0 Å². The van der Waals surface area contributed by atoms with E-state index in [-0.39, 0.29) is 11.6 Å². The molecule has 0 amide bonds. The van der Waals surface area contributed by atoms with Crippen LogP contribution in [0.4, 0.5) is 0 Å². The van der Waals surface area contributed by atoms with Gasteiger partial charge in [0, 0.05) is 31.5 Å². The second-order valence-corrected chi connectivity index (χ2v) is 6.32. The maximum absolute atomic E-state index is 12.0. The minimum absolute atomic E-state index is 0.0578. The lowest BCUT2D eigenvalue weighted by Crippen LogP contribution is -2.19. The van der Waals surface area contributed by atoms with E-state index < -0.39 is 0 Å². The fraction of sp³-hybridized carbons (Fsp3) is 0.222. The average Bonchev–Trinajstić information content (AvgIpc) is 2.55. The number of carbonyl (C=O) groups excluding carboxylic acids is 1. The summed E-state index contributed by atoms with van der Waals surface area (Å²) in [6, 6.07) is 12.7. The van der Waals surface area contributed by atoms with Gasteiger partial charge in [-0.15, -0.1) is 0 Å². The Hall–Kier alpha value is -1.88. The highest BCUT2D eigenvalue weighted by atomic mass is 35.5. The Morgan fingerprint density at radius 1 is 1.04 bits per heavy atom. The summed E-state index contributed by atoms with van der Waals surface area (Å²) in [5, 5.41) is 11.5. The summed E-state index contributed by atoms with van der Waals surface area (Å²) in [5.41, 5.74) is 8.07. The molecule has 0 aliphatic heterocycles. The molecule has 0 aliphatic rings. The lowest BCUT2D eigenvalue weighted by molar-refractivity contribution is -0.118. The van der Waals surface area contributed by atoms with Crippen LogP contribution in [0.1, 0.15) is 23.1 Å². The van der Waals surface area contributed by atoms with Gasteiger partial charge in [-0.05, 0) is 23.3 Å². The summed E-state index contributed by atoms with van der Waals surface area (Å²) >= 11 is 11.8. The van der Waals surface area contributed by atoms with Gasteiger partial charge in [0.25, 0.3) is 0 Å². The van der Waals surface area contributed by atoms with Crippen molar-refractivity contribution in [1.82, 2.24) is 5.32 Å². The van der Waals surface area contributed by atoms with E-state index >= 15 is 0 Å². The van der Waals surface area contributed by atoms with Crippen LogP contribution in [-0.4, -0.2) is 18.2 Å². The minimum atomic E-state index is 0.0578. The molecule has 0 heterocycles. The van der Waals surface area contributed by atoms with Gasteiger partial charge in [0.1, 0.15) is 11.6 Å². The van der Waals surface area contributed by atoms with Gasteiger partial charge in [0.15, 0.2) is 0 Å². The van der Waals surface area contributed by atoms with Crippen molar-refractivity contribution in [3.05, 3.63) is 69.2 Å². The third-order valence-corrected chi connectivity index (χ3v) is 4.30. The molecule has 2 aromatic rings. The van der Waals surface area contributed by atoms with E-state index in [9.17, 15) is 4.79 Å². The zero-order chi connectivity index (χ0) is 17.5.